The summed E-state index contributed by atoms with van der Waals surface area (Å²) < 4.78 is 24.2. The van der Waals surface area contributed by atoms with Gasteiger partial charge in [-0.25, -0.2) is 18.4 Å². The quantitative estimate of drug-likeness (QED) is 0.896. The van der Waals surface area contributed by atoms with Crippen LogP contribution in [-0.4, -0.2) is 42.0 Å². The van der Waals surface area contributed by atoms with E-state index in [-0.39, 0.29) is 16.3 Å². The molecule has 0 aliphatic carbocycles. The molecule has 1 rings (SSSR count). The molecule has 2 N–H and O–H groups in total. The minimum absolute atomic E-state index is 0.0499. The smallest absolute Gasteiger partial charge is 0.337 e. The SMILES string of the molecule is CN(CC(F)F)C(=O)Nc1cc(Cl)ccc1C(=O)O. The Morgan fingerprint density at radius 3 is 2.63 bits per heavy atom. The van der Waals surface area contributed by atoms with Crippen LogP contribution in [0.4, 0.5) is 19.3 Å². The molecular formula is C11H11ClF2N2O3. The monoisotopic (exact) mass is 292 g/mol. The molecule has 0 unspecified atom stereocenters. The van der Waals surface area contributed by atoms with Crippen molar-refractivity contribution in [3.8, 4) is 0 Å². The number of hydrogen-bond donors (Lipinski definition) is 2. The summed E-state index contributed by atoms with van der Waals surface area (Å²) in [7, 11) is 1.17. The van der Waals surface area contributed by atoms with E-state index >= 15 is 0 Å². The molecule has 1 aromatic carbocycles. The first kappa shape index (κ1) is 15.2. The third-order valence-corrected chi connectivity index (χ3v) is 2.45. The summed E-state index contributed by atoms with van der Waals surface area (Å²) in [6.45, 7) is -0.755. The van der Waals surface area contributed by atoms with Crippen LogP contribution in [0.15, 0.2) is 18.2 Å². The molecule has 19 heavy (non-hydrogen) atoms. The van der Waals surface area contributed by atoms with Gasteiger partial charge in [0.05, 0.1) is 17.8 Å². The van der Waals surface area contributed by atoms with E-state index in [1.807, 2.05) is 0 Å². The number of carboxylic acids is 1. The molecule has 0 fully saturated rings. The zero-order valence-electron chi connectivity index (χ0n) is 9.86. The zero-order chi connectivity index (χ0) is 14.6. The van der Waals surface area contributed by atoms with Crippen molar-refractivity contribution in [3.63, 3.8) is 0 Å². The molecular weight excluding hydrogens is 282 g/mol. The van der Waals surface area contributed by atoms with Gasteiger partial charge in [-0.1, -0.05) is 11.6 Å². The first-order valence-corrected chi connectivity index (χ1v) is 5.52. The van der Waals surface area contributed by atoms with E-state index in [4.69, 9.17) is 16.7 Å². The number of carbonyl (C=O) groups is 2. The number of alkyl halides is 2. The van der Waals surface area contributed by atoms with Crippen LogP contribution < -0.4 is 5.32 Å². The maximum absolute atomic E-state index is 12.1. The summed E-state index contributed by atoms with van der Waals surface area (Å²) in [6, 6.07) is 2.96. The topological polar surface area (TPSA) is 69.6 Å². The third-order valence-electron chi connectivity index (χ3n) is 2.21. The van der Waals surface area contributed by atoms with Crippen LogP contribution in [-0.2, 0) is 0 Å². The van der Waals surface area contributed by atoms with Gasteiger partial charge in [0, 0.05) is 12.1 Å². The second-order valence-electron chi connectivity index (χ2n) is 3.70. The van der Waals surface area contributed by atoms with Gasteiger partial charge in [-0.15, -0.1) is 0 Å². The number of urea groups is 1. The molecule has 1 aromatic rings. The van der Waals surface area contributed by atoms with Crippen molar-refractivity contribution in [2.24, 2.45) is 0 Å². The number of carboxylic acid groups (broad SMARTS) is 1. The van der Waals surface area contributed by atoms with E-state index in [0.717, 1.165) is 4.90 Å². The van der Waals surface area contributed by atoms with Gasteiger partial charge in [0.15, 0.2) is 0 Å². The number of amides is 2. The van der Waals surface area contributed by atoms with E-state index < -0.39 is 25.0 Å². The number of halogens is 3. The summed E-state index contributed by atoms with van der Waals surface area (Å²) in [5.41, 5.74) is -0.227. The van der Waals surface area contributed by atoms with E-state index in [1.165, 1.54) is 25.2 Å². The lowest BCUT2D eigenvalue weighted by atomic mass is 10.2. The van der Waals surface area contributed by atoms with Gasteiger partial charge in [-0.2, -0.15) is 0 Å². The molecule has 0 saturated heterocycles. The number of anilines is 1. The van der Waals surface area contributed by atoms with Gasteiger partial charge in [-0.3, -0.25) is 0 Å². The number of aromatic carboxylic acids is 1. The number of rotatable bonds is 4. The Hall–Kier alpha value is -1.89. The van der Waals surface area contributed by atoms with Crippen LogP contribution in [0.3, 0.4) is 0 Å². The molecule has 0 bridgehead atoms. The fourth-order valence-electron chi connectivity index (χ4n) is 1.31. The van der Waals surface area contributed by atoms with Gasteiger partial charge in [0.2, 0.25) is 0 Å². The van der Waals surface area contributed by atoms with Gasteiger partial charge >= 0.3 is 12.0 Å². The van der Waals surface area contributed by atoms with Crippen molar-refractivity contribution in [3.05, 3.63) is 28.8 Å². The first-order valence-electron chi connectivity index (χ1n) is 5.14. The zero-order valence-corrected chi connectivity index (χ0v) is 10.6. The van der Waals surface area contributed by atoms with Gasteiger partial charge < -0.3 is 15.3 Å². The Morgan fingerprint density at radius 1 is 1.47 bits per heavy atom. The molecule has 0 radical (unpaired) electrons. The van der Waals surface area contributed by atoms with Gasteiger partial charge in [0.1, 0.15) is 0 Å². The van der Waals surface area contributed by atoms with Crippen molar-refractivity contribution >= 4 is 29.3 Å². The second kappa shape index (κ2) is 6.33. The Kier molecular flexibility index (Phi) is 5.05. The number of nitrogens with zero attached hydrogens (tertiary/aromatic N) is 1. The van der Waals surface area contributed by atoms with Crippen molar-refractivity contribution in [1.29, 1.82) is 0 Å². The van der Waals surface area contributed by atoms with Crippen LogP contribution in [0.2, 0.25) is 5.02 Å². The first-order chi connectivity index (χ1) is 8.81. The summed E-state index contributed by atoms with van der Waals surface area (Å²) >= 11 is 5.69. The predicted octanol–water partition coefficient (Wildman–Crippen LogP) is 2.77. The predicted molar refractivity (Wildman–Crippen MR) is 66.1 cm³/mol. The normalized spacial score (nSPS) is 10.4. The third kappa shape index (κ3) is 4.36. The maximum atomic E-state index is 12.1. The highest BCUT2D eigenvalue weighted by Crippen LogP contribution is 2.21. The summed E-state index contributed by atoms with van der Waals surface area (Å²) in [5.74, 6) is -1.26. The lowest BCUT2D eigenvalue weighted by molar-refractivity contribution is 0.0698. The van der Waals surface area contributed by atoms with Crippen molar-refractivity contribution in [1.82, 2.24) is 4.90 Å². The highest BCUT2D eigenvalue weighted by Gasteiger charge is 2.17. The van der Waals surface area contributed by atoms with Crippen LogP contribution in [0.25, 0.3) is 0 Å². The lowest BCUT2D eigenvalue weighted by Gasteiger charge is -2.18. The van der Waals surface area contributed by atoms with Gasteiger partial charge in [-0.05, 0) is 18.2 Å². The van der Waals surface area contributed by atoms with E-state index in [1.54, 1.807) is 0 Å². The number of hydrogen-bond acceptors (Lipinski definition) is 2. The minimum Gasteiger partial charge on any atom is -0.478 e. The molecule has 5 nitrogen and oxygen atoms in total. The summed E-state index contributed by atoms with van der Waals surface area (Å²) in [6.07, 6.45) is -2.67. The minimum atomic E-state index is -2.67. The van der Waals surface area contributed by atoms with Crippen LogP contribution in [0, 0.1) is 0 Å². The summed E-state index contributed by atoms with van der Waals surface area (Å²) in [4.78, 5) is 23.3. The number of carbonyl (C=O) groups excluding carboxylic acids is 1. The van der Waals surface area contributed by atoms with Crippen LogP contribution in [0.1, 0.15) is 10.4 Å². The average molecular weight is 293 g/mol. The Balaban J connectivity index is 2.89. The summed E-state index contributed by atoms with van der Waals surface area (Å²) in [5, 5.41) is 11.4. The molecule has 0 aliphatic heterocycles. The molecule has 0 aromatic heterocycles. The van der Waals surface area contributed by atoms with Crippen LogP contribution >= 0.6 is 11.6 Å². The lowest BCUT2D eigenvalue weighted by Crippen LogP contribution is -2.35. The molecule has 104 valence electrons. The van der Waals surface area contributed by atoms with Crippen molar-refractivity contribution in [2.45, 2.75) is 6.43 Å². The fraction of sp³-hybridized carbons (Fsp3) is 0.273. The average Bonchev–Trinajstić information content (AvgIpc) is 2.27. The Morgan fingerprint density at radius 2 is 2.11 bits per heavy atom. The highest BCUT2D eigenvalue weighted by atomic mass is 35.5. The largest absolute Gasteiger partial charge is 0.478 e. The molecule has 0 saturated carbocycles. The molecule has 0 spiro atoms. The van der Waals surface area contributed by atoms with E-state index in [2.05, 4.69) is 5.32 Å². The molecule has 0 aliphatic rings. The molecule has 2 amide bonds. The Labute approximate surface area is 112 Å². The second-order valence-corrected chi connectivity index (χ2v) is 4.13. The Bertz CT molecular complexity index is 497. The van der Waals surface area contributed by atoms with E-state index in [9.17, 15) is 18.4 Å². The maximum Gasteiger partial charge on any atom is 0.337 e. The fourth-order valence-corrected chi connectivity index (χ4v) is 1.48. The highest BCUT2D eigenvalue weighted by molar-refractivity contribution is 6.31. The van der Waals surface area contributed by atoms with Crippen molar-refractivity contribution in [2.75, 3.05) is 18.9 Å². The standard InChI is InChI=1S/C11H11ClF2N2O3/c1-16(5-9(13)14)11(19)15-8-4-6(12)2-3-7(8)10(17)18/h2-4,9H,5H2,1H3,(H,15,19)(H,17,18). The number of benzene rings is 1. The van der Waals surface area contributed by atoms with Crippen molar-refractivity contribution < 1.29 is 23.5 Å². The molecule has 8 heteroatoms. The molecule has 0 heterocycles. The van der Waals surface area contributed by atoms with Crippen LogP contribution in [0.5, 0.6) is 0 Å². The van der Waals surface area contributed by atoms with Gasteiger partial charge in [0.25, 0.3) is 6.43 Å². The molecule has 0 atom stereocenters. The number of nitrogens with one attached hydrogen (secondary N) is 1. The van der Waals surface area contributed by atoms with E-state index in [0.29, 0.717) is 0 Å².